The van der Waals surface area contributed by atoms with Gasteiger partial charge in [0.1, 0.15) is 5.82 Å². The Morgan fingerprint density at radius 2 is 2.26 bits per heavy atom. The van der Waals surface area contributed by atoms with E-state index in [0.717, 1.165) is 18.5 Å². The van der Waals surface area contributed by atoms with Crippen LogP contribution in [-0.4, -0.2) is 24.7 Å². The molecule has 0 amide bonds. The van der Waals surface area contributed by atoms with Gasteiger partial charge in [-0.15, -0.1) is 0 Å². The van der Waals surface area contributed by atoms with Gasteiger partial charge in [-0.3, -0.25) is 0 Å². The first-order chi connectivity index (χ1) is 8.97. The summed E-state index contributed by atoms with van der Waals surface area (Å²) < 4.78 is 14.0. The summed E-state index contributed by atoms with van der Waals surface area (Å²) in [4.78, 5) is 12.3. The smallest absolute Gasteiger partial charge is 0.328 e. The van der Waals surface area contributed by atoms with Crippen molar-refractivity contribution in [1.82, 2.24) is 0 Å². The van der Waals surface area contributed by atoms with E-state index in [2.05, 4.69) is 6.92 Å². The van der Waals surface area contributed by atoms with E-state index in [4.69, 9.17) is 5.11 Å². The maximum absolute atomic E-state index is 14.0. The maximum atomic E-state index is 14.0. The number of benzene rings is 1. The minimum atomic E-state index is -1.04. The van der Waals surface area contributed by atoms with E-state index in [9.17, 15) is 9.18 Å². The molecule has 0 aromatic heterocycles. The highest BCUT2D eigenvalue weighted by Crippen LogP contribution is 2.38. The number of hydrogen-bond donors (Lipinski definition) is 1. The molecular weight excluding hydrogens is 245 g/mol. The molecule has 0 heterocycles. The summed E-state index contributed by atoms with van der Waals surface area (Å²) >= 11 is 0. The van der Waals surface area contributed by atoms with Crippen LogP contribution >= 0.6 is 0 Å². The number of carboxylic acids is 1. The van der Waals surface area contributed by atoms with Crippen molar-refractivity contribution < 1.29 is 14.3 Å². The van der Waals surface area contributed by atoms with E-state index >= 15 is 0 Å². The SMILES string of the molecule is CC1CC1CN(C)c1ccc(/C=C/C(=O)O)cc1F. The zero-order valence-electron chi connectivity index (χ0n) is 11.1. The molecule has 1 aliphatic carbocycles. The van der Waals surface area contributed by atoms with E-state index in [1.807, 2.05) is 11.9 Å². The Morgan fingerprint density at radius 3 is 2.79 bits per heavy atom. The van der Waals surface area contributed by atoms with Crippen LogP contribution < -0.4 is 4.90 Å². The summed E-state index contributed by atoms with van der Waals surface area (Å²) in [5.41, 5.74) is 1.11. The Labute approximate surface area is 112 Å². The van der Waals surface area contributed by atoms with Crippen LogP contribution in [0.1, 0.15) is 18.9 Å². The maximum Gasteiger partial charge on any atom is 0.328 e. The summed E-state index contributed by atoms with van der Waals surface area (Å²) in [6.07, 6.45) is 3.60. The van der Waals surface area contributed by atoms with Crippen molar-refractivity contribution in [2.24, 2.45) is 11.8 Å². The molecule has 4 heteroatoms. The normalized spacial score (nSPS) is 21.6. The third kappa shape index (κ3) is 3.56. The van der Waals surface area contributed by atoms with Crippen molar-refractivity contribution in [3.63, 3.8) is 0 Å². The van der Waals surface area contributed by atoms with Gasteiger partial charge in [-0.05, 0) is 42.0 Å². The molecule has 0 spiro atoms. The summed E-state index contributed by atoms with van der Waals surface area (Å²) in [7, 11) is 1.89. The molecule has 1 saturated carbocycles. The molecule has 1 aromatic rings. The minimum Gasteiger partial charge on any atom is -0.478 e. The second-order valence-corrected chi connectivity index (χ2v) is 5.24. The molecule has 0 saturated heterocycles. The second kappa shape index (κ2) is 5.43. The molecule has 2 atom stereocenters. The number of rotatable bonds is 5. The molecule has 19 heavy (non-hydrogen) atoms. The third-order valence-electron chi connectivity index (χ3n) is 3.59. The van der Waals surface area contributed by atoms with Crippen LogP contribution in [0.5, 0.6) is 0 Å². The molecule has 1 aromatic carbocycles. The Balaban J connectivity index is 2.07. The average molecular weight is 263 g/mol. The van der Waals surface area contributed by atoms with Crippen LogP contribution in [0.3, 0.4) is 0 Å². The number of nitrogens with zero attached hydrogens (tertiary/aromatic N) is 1. The van der Waals surface area contributed by atoms with E-state index < -0.39 is 5.97 Å². The predicted molar refractivity (Wildman–Crippen MR) is 73.6 cm³/mol. The van der Waals surface area contributed by atoms with Gasteiger partial charge in [0, 0.05) is 19.7 Å². The van der Waals surface area contributed by atoms with E-state index in [-0.39, 0.29) is 5.82 Å². The Bertz CT molecular complexity index is 513. The lowest BCUT2D eigenvalue weighted by Crippen LogP contribution is -2.21. The number of anilines is 1. The molecule has 1 fully saturated rings. The second-order valence-electron chi connectivity index (χ2n) is 5.24. The highest BCUT2D eigenvalue weighted by Gasteiger charge is 2.33. The topological polar surface area (TPSA) is 40.5 Å². The monoisotopic (exact) mass is 263 g/mol. The van der Waals surface area contributed by atoms with Gasteiger partial charge >= 0.3 is 5.97 Å². The van der Waals surface area contributed by atoms with E-state index in [1.165, 1.54) is 18.6 Å². The van der Waals surface area contributed by atoms with Crippen LogP contribution in [0, 0.1) is 17.7 Å². The highest BCUT2D eigenvalue weighted by atomic mass is 19.1. The van der Waals surface area contributed by atoms with Crippen molar-refractivity contribution in [1.29, 1.82) is 0 Å². The standard InChI is InChI=1S/C15H18FNO2/c1-10-7-12(10)9-17(2)14-5-3-11(8-13(14)16)4-6-15(18)19/h3-6,8,10,12H,7,9H2,1-2H3,(H,18,19)/b6-4+. The summed E-state index contributed by atoms with van der Waals surface area (Å²) in [6.45, 7) is 3.07. The van der Waals surface area contributed by atoms with Crippen molar-refractivity contribution in [3.8, 4) is 0 Å². The molecule has 0 bridgehead atoms. The van der Waals surface area contributed by atoms with Gasteiger partial charge in [0.25, 0.3) is 0 Å². The number of halogens is 1. The first kappa shape index (κ1) is 13.6. The number of carboxylic acid groups (broad SMARTS) is 1. The van der Waals surface area contributed by atoms with Crippen LogP contribution in [-0.2, 0) is 4.79 Å². The largest absolute Gasteiger partial charge is 0.478 e. The first-order valence-electron chi connectivity index (χ1n) is 6.39. The van der Waals surface area contributed by atoms with E-state index in [0.29, 0.717) is 17.2 Å². The van der Waals surface area contributed by atoms with E-state index in [1.54, 1.807) is 12.1 Å². The lowest BCUT2D eigenvalue weighted by Gasteiger charge is -2.20. The quantitative estimate of drug-likeness (QED) is 0.830. The number of aliphatic carboxylic acids is 1. The van der Waals surface area contributed by atoms with Crippen molar-refractivity contribution in [3.05, 3.63) is 35.7 Å². The lowest BCUT2D eigenvalue weighted by molar-refractivity contribution is -0.131. The third-order valence-corrected chi connectivity index (χ3v) is 3.59. The van der Waals surface area contributed by atoms with Gasteiger partial charge in [-0.2, -0.15) is 0 Å². The Morgan fingerprint density at radius 1 is 1.58 bits per heavy atom. The van der Waals surface area contributed by atoms with Gasteiger partial charge in [-0.1, -0.05) is 13.0 Å². The minimum absolute atomic E-state index is 0.316. The van der Waals surface area contributed by atoms with Gasteiger partial charge in [0.2, 0.25) is 0 Å². The van der Waals surface area contributed by atoms with Crippen molar-refractivity contribution in [2.45, 2.75) is 13.3 Å². The predicted octanol–water partition coefficient (Wildman–Crippen LogP) is 3.02. The van der Waals surface area contributed by atoms with Crippen LogP contribution in [0.2, 0.25) is 0 Å². The molecule has 0 radical (unpaired) electrons. The molecule has 102 valence electrons. The number of carbonyl (C=O) groups is 1. The molecule has 2 rings (SSSR count). The fraction of sp³-hybridized carbons (Fsp3) is 0.400. The van der Waals surface area contributed by atoms with Crippen molar-refractivity contribution in [2.75, 3.05) is 18.5 Å². The van der Waals surface area contributed by atoms with Crippen molar-refractivity contribution >= 4 is 17.7 Å². The molecule has 1 aliphatic rings. The van der Waals surface area contributed by atoms with Crippen LogP contribution in [0.25, 0.3) is 6.08 Å². The van der Waals surface area contributed by atoms with Gasteiger partial charge in [-0.25, -0.2) is 9.18 Å². The van der Waals surface area contributed by atoms with Gasteiger partial charge in [0.05, 0.1) is 5.69 Å². The fourth-order valence-electron chi connectivity index (χ4n) is 2.21. The zero-order valence-corrected chi connectivity index (χ0v) is 11.1. The highest BCUT2D eigenvalue weighted by molar-refractivity contribution is 5.85. The lowest BCUT2D eigenvalue weighted by atomic mass is 10.1. The van der Waals surface area contributed by atoms with Gasteiger partial charge in [0.15, 0.2) is 0 Å². The fourth-order valence-corrected chi connectivity index (χ4v) is 2.21. The average Bonchev–Trinajstić information content (AvgIpc) is 3.02. The first-order valence-corrected chi connectivity index (χ1v) is 6.39. The Kier molecular flexibility index (Phi) is 3.88. The molecule has 3 nitrogen and oxygen atoms in total. The number of hydrogen-bond acceptors (Lipinski definition) is 2. The van der Waals surface area contributed by atoms with Gasteiger partial charge < -0.3 is 10.0 Å². The molecule has 1 N–H and O–H groups in total. The summed E-state index contributed by atoms with van der Waals surface area (Å²) in [5.74, 6) is 0.0481. The summed E-state index contributed by atoms with van der Waals surface area (Å²) in [5, 5.41) is 8.53. The Hall–Kier alpha value is -1.84. The summed E-state index contributed by atoms with van der Waals surface area (Å²) in [6, 6.07) is 4.79. The molecular formula is C15H18FNO2. The van der Waals surface area contributed by atoms with Crippen LogP contribution in [0.15, 0.2) is 24.3 Å². The zero-order chi connectivity index (χ0) is 14.0. The van der Waals surface area contributed by atoms with Crippen LogP contribution in [0.4, 0.5) is 10.1 Å². The molecule has 2 unspecified atom stereocenters. The molecule has 0 aliphatic heterocycles.